The highest BCUT2D eigenvalue weighted by Gasteiger charge is 2.51. The molecule has 7 aliphatic rings. The Balaban J connectivity index is 0.812. The molecule has 1 amide bonds. The highest BCUT2D eigenvalue weighted by Crippen LogP contribution is 2.54. The molecule has 19 heteroatoms. The van der Waals surface area contributed by atoms with Crippen LogP contribution in [0.3, 0.4) is 0 Å². The summed E-state index contributed by atoms with van der Waals surface area (Å²) in [6, 6.07) is 23.3. The molecule has 1 spiro atoms. The van der Waals surface area contributed by atoms with Crippen molar-refractivity contribution in [2.45, 2.75) is 125 Å². The van der Waals surface area contributed by atoms with Crippen molar-refractivity contribution in [1.29, 1.82) is 0 Å². The van der Waals surface area contributed by atoms with Crippen LogP contribution in [0.25, 0.3) is 11.0 Å². The Morgan fingerprint density at radius 1 is 0.895 bits per heavy atom. The number of nitro groups is 1. The number of sulfonamides is 1. The van der Waals surface area contributed by atoms with Crippen molar-refractivity contribution in [2.24, 2.45) is 11.3 Å². The molecule has 5 aliphatic heterocycles. The van der Waals surface area contributed by atoms with E-state index >= 15 is 0 Å². The van der Waals surface area contributed by atoms with Gasteiger partial charge >= 0.3 is 0 Å². The second-order valence-electron chi connectivity index (χ2n) is 23.1. The van der Waals surface area contributed by atoms with Crippen LogP contribution in [0.15, 0.2) is 83.9 Å². The van der Waals surface area contributed by atoms with Crippen molar-refractivity contribution in [1.82, 2.24) is 24.5 Å². The first-order chi connectivity index (χ1) is 36.7. The van der Waals surface area contributed by atoms with E-state index in [1.165, 1.54) is 42.5 Å². The Kier molecular flexibility index (Phi) is 13.8. The van der Waals surface area contributed by atoms with Gasteiger partial charge < -0.3 is 39.4 Å². The molecule has 12 rings (SSSR count). The normalized spacial score (nSPS) is 27.3. The van der Waals surface area contributed by atoms with E-state index < -0.39 is 43.1 Å². The van der Waals surface area contributed by atoms with Gasteiger partial charge in [-0.05, 0) is 149 Å². The first kappa shape index (κ1) is 51.0. The number of pyridine rings is 1. The lowest BCUT2D eigenvalue weighted by molar-refractivity contribution is -0.384. The number of fused-ring (bicyclic) bond motifs is 3. The minimum atomic E-state index is -4.63. The summed E-state index contributed by atoms with van der Waals surface area (Å²) in [6.07, 6.45) is 11.5. The standard InChI is InChI=1S/C57H71N9O9S/c1-37-5-3-4-6-44(37)47-12-8-41(63-24-27-73-28-25-63)35-64(47)42-32-57(33-42)19-22-62(23-20-57)40-7-10-45(49(30-40)65-48-16-26-74-36-52(48)75-55-51(65)29-39-15-21-58-53(39)60-55)54(67)61-76(71,72)43-9-11-46(50(31-43)66(69)70)59-34-38-13-17-56(2,68)18-14-38/h3-7,9-11,15,21,29-31,38,41-42,47-48,52,59,68H,8,12-14,16-20,22-28,32-36H2,1-2H3,(H,58,60)(H,61,67)/t38?,41-,47-,48+,52+,56?/m1/s1. The number of rotatable bonds is 12. The number of likely N-dealkylation sites (tertiary alicyclic amines) is 1. The number of aryl methyl sites for hydroxylation is 1. The Morgan fingerprint density at radius 2 is 1.68 bits per heavy atom. The highest BCUT2D eigenvalue weighted by molar-refractivity contribution is 7.90. The molecular formula is C57H71N9O9S. The molecule has 0 bridgehead atoms. The van der Waals surface area contributed by atoms with E-state index in [0.717, 1.165) is 95.2 Å². The Bertz CT molecular complexity index is 3080. The fourth-order valence-electron chi connectivity index (χ4n) is 13.8. The van der Waals surface area contributed by atoms with Crippen LogP contribution in [0.4, 0.5) is 28.4 Å². The quantitative estimate of drug-likeness (QED) is 0.0686. The molecule has 2 saturated carbocycles. The second kappa shape index (κ2) is 20.5. The van der Waals surface area contributed by atoms with Gasteiger partial charge in [0.1, 0.15) is 23.1 Å². The average molecular weight is 1060 g/mol. The molecule has 0 radical (unpaired) electrons. The molecule has 5 aromatic rings. The number of nitrogens with one attached hydrogen (secondary N) is 3. The van der Waals surface area contributed by atoms with Crippen LogP contribution in [0, 0.1) is 28.4 Å². The third-order valence-electron chi connectivity index (χ3n) is 18.3. The van der Waals surface area contributed by atoms with E-state index in [9.17, 15) is 28.4 Å². The summed E-state index contributed by atoms with van der Waals surface area (Å²) in [5, 5.41) is 26.8. The number of piperidine rings is 2. The van der Waals surface area contributed by atoms with E-state index in [4.69, 9.17) is 19.2 Å². The first-order valence-corrected chi connectivity index (χ1v) is 29.0. The number of amides is 1. The van der Waals surface area contributed by atoms with Crippen molar-refractivity contribution in [3.8, 4) is 5.88 Å². The number of nitro benzene ring substituents is 1. The number of ether oxygens (including phenoxy) is 3. The molecule has 2 aliphatic carbocycles. The number of aromatic amines is 1. The van der Waals surface area contributed by atoms with Crippen LogP contribution >= 0.6 is 0 Å². The minimum absolute atomic E-state index is 0.120. The molecule has 4 N–H and O–H groups in total. The zero-order valence-electron chi connectivity index (χ0n) is 43.6. The van der Waals surface area contributed by atoms with E-state index in [1.54, 1.807) is 6.07 Å². The van der Waals surface area contributed by atoms with Crippen LogP contribution in [0.1, 0.15) is 105 Å². The number of hydrogen-bond acceptors (Lipinski definition) is 15. The van der Waals surface area contributed by atoms with Crippen molar-refractivity contribution in [3.63, 3.8) is 0 Å². The molecule has 0 unspecified atom stereocenters. The topological polar surface area (TPSA) is 208 Å². The summed E-state index contributed by atoms with van der Waals surface area (Å²) in [7, 11) is -4.63. The van der Waals surface area contributed by atoms with Crippen LogP contribution < -0.4 is 24.6 Å². The van der Waals surface area contributed by atoms with Gasteiger partial charge in [-0.15, -0.1) is 0 Å². The predicted octanol–water partition coefficient (Wildman–Crippen LogP) is 8.23. The van der Waals surface area contributed by atoms with E-state index in [1.807, 2.05) is 37.4 Å². The number of anilines is 4. The lowest BCUT2D eigenvalue weighted by Crippen LogP contribution is -2.60. The Hall–Kier alpha value is -5.83. The summed E-state index contributed by atoms with van der Waals surface area (Å²) in [4.78, 5) is 44.2. The SMILES string of the molecule is Cc1ccccc1[C@H]1CC[C@@H](N2CCOCC2)CN1C1CC2(CCN(c3ccc(C(=O)NS(=O)(=O)c4ccc(NCC5CCC(C)(O)CC5)c([N+](=O)[O-])c4)c(N4c5cc6cc[nH]c6nc5O[C@H]5COCC[C@@H]54)c3)CC2)C1. The van der Waals surface area contributed by atoms with Gasteiger partial charge in [-0.2, -0.15) is 4.98 Å². The number of hydrogen-bond donors (Lipinski definition) is 4. The number of H-pyrrole nitrogens is 1. The van der Waals surface area contributed by atoms with Gasteiger partial charge in [0.15, 0.2) is 0 Å². The number of aromatic nitrogens is 2. The number of carbonyl (C=O) groups is 1. The number of carbonyl (C=O) groups excluding carboxylic acids is 1. The maximum Gasteiger partial charge on any atom is 0.293 e. The van der Waals surface area contributed by atoms with Gasteiger partial charge in [-0.25, -0.2) is 13.1 Å². The van der Waals surface area contributed by atoms with Crippen molar-refractivity contribution >= 4 is 55.4 Å². The van der Waals surface area contributed by atoms with Crippen LogP contribution in [0.5, 0.6) is 5.88 Å². The zero-order chi connectivity index (χ0) is 52.3. The van der Waals surface area contributed by atoms with Gasteiger partial charge in [0.25, 0.3) is 21.6 Å². The Morgan fingerprint density at radius 3 is 2.46 bits per heavy atom. The smallest absolute Gasteiger partial charge is 0.293 e. The fraction of sp³-hybridized carbons (Fsp3) is 0.544. The van der Waals surface area contributed by atoms with Gasteiger partial charge in [0, 0.05) is 87.3 Å². The monoisotopic (exact) mass is 1060 g/mol. The van der Waals surface area contributed by atoms with Crippen molar-refractivity contribution in [3.05, 3.63) is 106 Å². The van der Waals surface area contributed by atoms with Crippen LogP contribution in [-0.4, -0.2) is 140 Å². The molecule has 2 aromatic heterocycles. The van der Waals surface area contributed by atoms with Crippen molar-refractivity contribution < 1.29 is 37.5 Å². The summed E-state index contributed by atoms with van der Waals surface area (Å²) >= 11 is 0. The average Bonchev–Trinajstić information content (AvgIpc) is 4.01. The van der Waals surface area contributed by atoms with E-state index in [0.29, 0.717) is 80.0 Å². The number of nitrogens with zero attached hydrogens (tertiary/aromatic N) is 6. The van der Waals surface area contributed by atoms with E-state index in [2.05, 4.69) is 65.8 Å². The second-order valence-corrected chi connectivity index (χ2v) is 24.8. The minimum Gasteiger partial charge on any atom is -0.468 e. The lowest BCUT2D eigenvalue weighted by atomic mass is 9.59. The fourth-order valence-corrected chi connectivity index (χ4v) is 14.8. The molecule has 4 atom stereocenters. The summed E-state index contributed by atoms with van der Waals surface area (Å²) in [5.41, 5.74) is 4.96. The molecular weight excluding hydrogens is 987 g/mol. The molecule has 4 saturated heterocycles. The molecule has 18 nitrogen and oxygen atoms in total. The predicted molar refractivity (Wildman–Crippen MR) is 290 cm³/mol. The molecule has 76 heavy (non-hydrogen) atoms. The number of aliphatic hydroxyl groups is 1. The third-order valence-corrected chi connectivity index (χ3v) is 19.6. The third kappa shape index (κ3) is 10.0. The van der Waals surface area contributed by atoms with Crippen LogP contribution in [-0.2, 0) is 19.5 Å². The first-order valence-electron chi connectivity index (χ1n) is 27.6. The molecule has 404 valence electrons. The Labute approximate surface area is 444 Å². The maximum absolute atomic E-state index is 14.8. The molecule has 3 aromatic carbocycles. The lowest BCUT2D eigenvalue weighted by Gasteiger charge is -2.59. The molecule has 6 fully saturated rings. The largest absolute Gasteiger partial charge is 0.468 e. The van der Waals surface area contributed by atoms with Crippen LogP contribution in [0.2, 0.25) is 0 Å². The number of benzene rings is 3. The number of morpholine rings is 1. The van der Waals surface area contributed by atoms with Gasteiger partial charge in [-0.1, -0.05) is 24.3 Å². The maximum atomic E-state index is 14.8. The van der Waals surface area contributed by atoms with Crippen molar-refractivity contribution in [2.75, 3.05) is 80.8 Å². The zero-order valence-corrected chi connectivity index (χ0v) is 44.4. The summed E-state index contributed by atoms with van der Waals surface area (Å²) < 4.78 is 49.0. The highest BCUT2D eigenvalue weighted by atomic mass is 32.2. The van der Waals surface area contributed by atoms with E-state index in [-0.39, 0.29) is 28.6 Å². The van der Waals surface area contributed by atoms with Gasteiger partial charge in [-0.3, -0.25) is 24.7 Å². The van der Waals surface area contributed by atoms with Gasteiger partial charge in [0.2, 0.25) is 5.88 Å². The summed E-state index contributed by atoms with van der Waals surface area (Å²) in [6.45, 7) is 11.6. The summed E-state index contributed by atoms with van der Waals surface area (Å²) in [5.74, 6) is -0.304. The van der Waals surface area contributed by atoms with Gasteiger partial charge in [0.05, 0.1) is 52.5 Å². The molecule has 7 heterocycles.